The minimum absolute atomic E-state index is 0.00182. The molecule has 0 spiro atoms. The van der Waals surface area contributed by atoms with Gasteiger partial charge in [-0.3, -0.25) is 9.59 Å². The molecule has 1 aromatic heterocycles. The molecule has 7 nitrogen and oxygen atoms in total. The molecule has 4 rings (SSSR count). The number of carbonyl (C=O) groups excluding carboxylic acids is 2. The van der Waals surface area contributed by atoms with Crippen molar-refractivity contribution in [1.29, 1.82) is 0 Å². The van der Waals surface area contributed by atoms with Crippen LogP contribution in [0.2, 0.25) is 0 Å². The maximum atomic E-state index is 12.9. The van der Waals surface area contributed by atoms with E-state index in [1.807, 2.05) is 48.2 Å². The molecule has 2 amide bonds. The van der Waals surface area contributed by atoms with Crippen molar-refractivity contribution in [1.82, 2.24) is 15.6 Å². The van der Waals surface area contributed by atoms with Crippen molar-refractivity contribution >= 4 is 23.3 Å². The zero-order valence-electron chi connectivity index (χ0n) is 18.6. The summed E-state index contributed by atoms with van der Waals surface area (Å²) in [6.07, 6.45) is 0.937. The summed E-state index contributed by atoms with van der Waals surface area (Å²) in [5.74, 6) is 0.834. The van der Waals surface area contributed by atoms with Crippen molar-refractivity contribution < 1.29 is 9.59 Å². The summed E-state index contributed by atoms with van der Waals surface area (Å²) < 4.78 is 0. The number of benzene rings is 1. The molecule has 3 N–H and O–H groups in total. The van der Waals surface area contributed by atoms with Crippen LogP contribution >= 0.6 is 0 Å². The van der Waals surface area contributed by atoms with Gasteiger partial charge in [-0.15, -0.1) is 0 Å². The van der Waals surface area contributed by atoms with Gasteiger partial charge in [-0.2, -0.15) is 0 Å². The number of hydrogen-bond donors (Lipinski definition) is 3. The zero-order chi connectivity index (χ0) is 22.1. The molecule has 7 heteroatoms. The summed E-state index contributed by atoms with van der Waals surface area (Å²) in [6.45, 7) is 9.48. The van der Waals surface area contributed by atoms with Crippen molar-refractivity contribution in [2.24, 2.45) is 5.92 Å². The van der Waals surface area contributed by atoms with E-state index in [2.05, 4.69) is 34.8 Å². The molecule has 1 aromatic carbocycles. The molecule has 1 unspecified atom stereocenters. The van der Waals surface area contributed by atoms with Gasteiger partial charge in [0, 0.05) is 48.4 Å². The lowest BCUT2D eigenvalue weighted by Gasteiger charge is -2.44. The molecule has 4 atom stereocenters. The van der Waals surface area contributed by atoms with E-state index in [9.17, 15) is 9.59 Å². The number of carbonyl (C=O) groups is 2. The minimum atomic E-state index is -0.0791. The molecule has 2 aliphatic heterocycles. The van der Waals surface area contributed by atoms with Crippen LogP contribution in [0.15, 0.2) is 36.4 Å². The summed E-state index contributed by atoms with van der Waals surface area (Å²) >= 11 is 0. The van der Waals surface area contributed by atoms with Gasteiger partial charge in [0.25, 0.3) is 5.91 Å². The zero-order valence-corrected chi connectivity index (χ0v) is 18.6. The number of aromatic nitrogens is 1. The molecule has 0 radical (unpaired) electrons. The van der Waals surface area contributed by atoms with Crippen molar-refractivity contribution in [2.45, 2.75) is 52.2 Å². The predicted octanol–water partition coefficient (Wildman–Crippen LogP) is 3.03. The molecule has 0 saturated carbocycles. The highest BCUT2D eigenvalue weighted by atomic mass is 16.2. The maximum Gasteiger partial charge on any atom is 0.251 e. The van der Waals surface area contributed by atoms with Gasteiger partial charge in [-0.05, 0) is 62.7 Å². The van der Waals surface area contributed by atoms with Crippen molar-refractivity contribution in [2.75, 3.05) is 23.3 Å². The second-order valence-electron chi connectivity index (χ2n) is 8.71. The van der Waals surface area contributed by atoms with Crippen LogP contribution in [-0.2, 0) is 4.79 Å². The number of fused-ring (bicyclic) bond motifs is 1. The molecule has 0 bridgehead atoms. The minimum Gasteiger partial charge on any atom is -0.363 e. The third-order valence-corrected chi connectivity index (χ3v) is 6.50. The van der Waals surface area contributed by atoms with E-state index in [4.69, 9.17) is 0 Å². The fourth-order valence-corrected chi connectivity index (χ4v) is 4.68. The molecule has 164 valence electrons. The van der Waals surface area contributed by atoms with Crippen molar-refractivity contribution in [3.8, 4) is 0 Å². The lowest BCUT2D eigenvalue weighted by atomic mass is 9.82. The number of anilines is 2. The Bertz CT molecular complexity index is 986. The number of aryl methyl sites for hydroxylation is 1. The van der Waals surface area contributed by atoms with Gasteiger partial charge in [0.1, 0.15) is 5.82 Å². The van der Waals surface area contributed by atoms with Crippen LogP contribution in [0.25, 0.3) is 0 Å². The number of pyridine rings is 1. The summed E-state index contributed by atoms with van der Waals surface area (Å²) in [5, 5.41) is 9.95. The number of nitrogens with one attached hydrogen (secondary N) is 3. The summed E-state index contributed by atoms with van der Waals surface area (Å²) in [6, 6.07) is 11.6. The van der Waals surface area contributed by atoms with E-state index >= 15 is 0 Å². The molecular formula is C24H31N5O2. The molecule has 31 heavy (non-hydrogen) atoms. The van der Waals surface area contributed by atoms with Crippen LogP contribution < -0.4 is 20.9 Å². The first kappa shape index (κ1) is 21.3. The van der Waals surface area contributed by atoms with Gasteiger partial charge >= 0.3 is 0 Å². The van der Waals surface area contributed by atoms with Crippen LogP contribution in [-0.4, -0.2) is 42.0 Å². The highest BCUT2D eigenvalue weighted by Crippen LogP contribution is 2.42. The first-order valence-electron chi connectivity index (χ1n) is 11.0. The normalized spacial score (nSPS) is 25.1. The Balaban J connectivity index is 1.71. The lowest BCUT2D eigenvalue weighted by molar-refractivity contribution is -0.117. The summed E-state index contributed by atoms with van der Waals surface area (Å²) in [4.78, 5) is 31.8. The van der Waals surface area contributed by atoms with Gasteiger partial charge < -0.3 is 20.9 Å². The maximum absolute atomic E-state index is 12.9. The van der Waals surface area contributed by atoms with Gasteiger partial charge in [-0.1, -0.05) is 13.0 Å². The van der Waals surface area contributed by atoms with Gasteiger partial charge in [0.05, 0.1) is 6.04 Å². The topological polar surface area (TPSA) is 86.4 Å². The average Bonchev–Trinajstić information content (AvgIpc) is 3.24. The lowest BCUT2D eigenvalue weighted by Crippen LogP contribution is -2.48. The molecule has 2 aliphatic rings. The molecule has 1 fully saturated rings. The molecular weight excluding hydrogens is 390 g/mol. The van der Waals surface area contributed by atoms with Gasteiger partial charge in [0.2, 0.25) is 5.91 Å². The van der Waals surface area contributed by atoms with Crippen LogP contribution in [0.1, 0.15) is 54.8 Å². The highest BCUT2D eigenvalue weighted by molar-refractivity contribution is 5.98. The first-order valence-corrected chi connectivity index (χ1v) is 11.0. The molecule has 1 saturated heterocycles. The second-order valence-corrected chi connectivity index (χ2v) is 8.71. The van der Waals surface area contributed by atoms with Gasteiger partial charge in [-0.25, -0.2) is 4.98 Å². The predicted molar refractivity (Wildman–Crippen MR) is 122 cm³/mol. The third kappa shape index (κ3) is 4.28. The first-order chi connectivity index (χ1) is 14.8. The van der Waals surface area contributed by atoms with E-state index in [1.165, 1.54) is 0 Å². The molecule has 3 heterocycles. The highest BCUT2D eigenvalue weighted by Gasteiger charge is 2.38. The van der Waals surface area contributed by atoms with Gasteiger partial charge in [0.15, 0.2) is 0 Å². The fourth-order valence-electron chi connectivity index (χ4n) is 4.68. The van der Waals surface area contributed by atoms with Crippen LogP contribution in [0.4, 0.5) is 11.5 Å². The Morgan fingerprint density at radius 1 is 1.19 bits per heavy atom. The smallest absolute Gasteiger partial charge is 0.251 e. The van der Waals surface area contributed by atoms with Crippen LogP contribution in [0.5, 0.6) is 0 Å². The Morgan fingerprint density at radius 3 is 2.68 bits per heavy atom. The Morgan fingerprint density at radius 2 is 2.00 bits per heavy atom. The monoisotopic (exact) mass is 421 g/mol. The Kier molecular flexibility index (Phi) is 5.96. The van der Waals surface area contributed by atoms with Crippen LogP contribution in [0, 0.1) is 12.8 Å². The SMILES string of the molecule is CC(=O)N1c2ccc(C(=O)NC3CCNC3)cc2[C@H](Nc2cccc(C)n2)[C@@H](C)[C@@H]1C. The second kappa shape index (κ2) is 8.67. The Hall–Kier alpha value is -2.93. The van der Waals surface area contributed by atoms with E-state index < -0.39 is 0 Å². The largest absolute Gasteiger partial charge is 0.363 e. The summed E-state index contributed by atoms with van der Waals surface area (Å²) in [5.41, 5.74) is 3.34. The number of hydrogen-bond acceptors (Lipinski definition) is 5. The number of rotatable bonds is 4. The molecule has 2 aromatic rings. The van der Waals surface area contributed by atoms with E-state index in [0.29, 0.717) is 5.56 Å². The molecule has 0 aliphatic carbocycles. The van der Waals surface area contributed by atoms with E-state index in [-0.39, 0.29) is 35.9 Å². The quantitative estimate of drug-likeness (QED) is 0.707. The average molecular weight is 422 g/mol. The Labute approximate surface area is 183 Å². The fraction of sp³-hybridized carbons (Fsp3) is 0.458. The number of amides is 2. The standard InChI is InChI=1S/C24H31N5O2/c1-14-6-5-7-22(26-14)28-23-15(2)16(3)29(17(4)30)21-9-8-18(12-20(21)23)24(31)27-19-10-11-25-13-19/h5-9,12,15-16,19,23,25H,10-11,13H2,1-4H3,(H,26,28)(H,27,31)/t15-,16-,19?,23+/m0/s1. The van der Waals surface area contributed by atoms with Crippen molar-refractivity contribution in [3.63, 3.8) is 0 Å². The van der Waals surface area contributed by atoms with E-state index in [0.717, 1.165) is 42.3 Å². The van der Waals surface area contributed by atoms with Crippen LogP contribution in [0.3, 0.4) is 0 Å². The number of nitrogens with zero attached hydrogens (tertiary/aromatic N) is 2. The van der Waals surface area contributed by atoms with E-state index in [1.54, 1.807) is 6.92 Å². The van der Waals surface area contributed by atoms with Crippen molar-refractivity contribution in [3.05, 3.63) is 53.2 Å². The summed E-state index contributed by atoms with van der Waals surface area (Å²) in [7, 11) is 0. The third-order valence-electron chi connectivity index (χ3n) is 6.50.